The number of hydrogen-bond acceptors (Lipinski definition) is 4. The molecule has 1 N–H and O–H groups in total. The van der Waals surface area contributed by atoms with Crippen molar-refractivity contribution in [3.63, 3.8) is 0 Å². The van der Waals surface area contributed by atoms with E-state index in [-0.39, 0.29) is 4.75 Å². The molecule has 0 spiro atoms. The van der Waals surface area contributed by atoms with Crippen molar-refractivity contribution in [1.29, 1.82) is 0 Å². The summed E-state index contributed by atoms with van der Waals surface area (Å²) in [6.07, 6.45) is 0. The van der Waals surface area contributed by atoms with Crippen molar-refractivity contribution in [1.82, 2.24) is 9.97 Å². The number of anilines is 1. The van der Waals surface area contributed by atoms with Gasteiger partial charge in [0.2, 0.25) is 0 Å². The molecule has 0 radical (unpaired) electrons. The Hall–Kier alpha value is -0.770. The SMILES string of the molecule is CCNc1cc(SC(C)(C)C)nc(C(C)C)n1. The fraction of sp³-hybridized carbons (Fsp3) is 0.692. The largest absolute Gasteiger partial charge is 0.370 e. The first kappa shape index (κ1) is 14.3. The second kappa shape index (κ2) is 5.71. The molecule has 1 aromatic rings. The molecule has 0 aliphatic heterocycles. The van der Waals surface area contributed by atoms with E-state index in [1.54, 1.807) is 11.8 Å². The molecule has 0 aliphatic carbocycles. The van der Waals surface area contributed by atoms with Gasteiger partial charge in [0, 0.05) is 23.3 Å². The lowest BCUT2D eigenvalue weighted by Crippen LogP contribution is -2.10. The molecule has 1 aromatic heterocycles. The maximum atomic E-state index is 4.61. The average Bonchev–Trinajstić information content (AvgIpc) is 2.14. The summed E-state index contributed by atoms with van der Waals surface area (Å²) in [4.78, 5) is 9.13. The Kier molecular flexibility index (Phi) is 4.80. The topological polar surface area (TPSA) is 37.8 Å². The molecule has 0 aromatic carbocycles. The highest BCUT2D eigenvalue weighted by Gasteiger charge is 2.15. The van der Waals surface area contributed by atoms with E-state index in [2.05, 4.69) is 56.8 Å². The zero-order valence-corrected chi connectivity index (χ0v) is 12.5. The molecule has 0 aliphatic rings. The molecule has 4 heteroatoms. The summed E-state index contributed by atoms with van der Waals surface area (Å²) >= 11 is 1.78. The summed E-state index contributed by atoms with van der Waals surface area (Å²) < 4.78 is 0.173. The van der Waals surface area contributed by atoms with Gasteiger partial charge in [0.05, 0.1) is 0 Å². The first-order chi connectivity index (χ1) is 7.81. The highest BCUT2D eigenvalue weighted by atomic mass is 32.2. The smallest absolute Gasteiger partial charge is 0.134 e. The lowest BCUT2D eigenvalue weighted by Gasteiger charge is -2.18. The van der Waals surface area contributed by atoms with Crippen LogP contribution in [0.25, 0.3) is 0 Å². The number of nitrogens with one attached hydrogen (secondary N) is 1. The number of nitrogens with zero attached hydrogens (tertiary/aromatic N) is 2. The molecule has 17 heavy (non-hydrogen) atoms. The van der Waals surface area contributed by atoms with Crippen LogP contribution in [0.1, 0.15) is 53.3 Å². The lowest BCUT2D eigenvalue weighted by atomic mass is 10.2. The van der Waals surface area contributed by atoms with Crippen LogP contribution in [0.2, 0.25) is 0 Å². The van der Waals surface area contributed by atoms with Crippen molar-refractivity contribution in [2.45, 2.75) is 57.2 Å². The third kappa shape index (κ3) is 4.94. The number of aromatic nitrogens is 2. The van der Waals surface area contributed by atoms with Crippen LogP contribution in [0, 0.1) is 0 Å². The zero-order chi connectivity index (χ0) is 13.1. The monoisotopic (exact) mass is 253 g/mol. The second-order valence-corrected chi connectivity index (χ2v) is 7.20. The number of hydrogen-bond donors (Lipinski definition) is 1. The molecule has 0 saturated heterocycles. The minimum Gasteiger partial charge on any atom is -0.370 e. The van der Waals surface area contributed by atoms with Crippen LogP contribution < -0.4 is 5.32 Å². The normalized spacial score (nSPS) is 11.9. The van der Waals surface area contributed by atoms with Crippen LogP contribution in [0.15, 0.2) is 11.1 Å². The summed E-state index contributed by atoms with van der Waals surface area (Å²) in [6, 6.07) is 2.03. The number of thioether (sulfide) groups is 1. The quantitative estimate of drug-likeness (QED) is 0.652. The summed E-state index contributed by atoms with van der Waals surface area (Å²) in [5.41, 5.74) is 0. The van der Waals surface area contributed by atoms with Gasteiger partial charge in [-0.1, -0.05) is 34.6 Å². The van der Waals surface area contributed by atoms with Crippen LogP contribution in [0.4, 0.5) is 5.82 Å². The fourth-order valence-corrected chi connectivity index (χ4v) is 2.28. The molecule has 96 valence electrons. The lowest BCUT2D eigenvalue weighted by molar-refractivity contribution is 0.747. The second-order valence-electron chi connectivity index (χ2n) is 5.35. The highest BCUT2D eigenvalue weighted by molar-refractivity contribution is 8.00. The molecule has 3 nitrogen and oxygen atoms in total. The van der Waals surface area contributed by atoms with Crippen molar-refractivity contribution in [2.75, 3.05) is 11.9 Å². The molecular weight excluding hydrogens is 230 g/mol. The van der Waals surface area contributed by atoms with Gasteiger partial charge in [0.25, 0.3) is 0 Å². The van der Waals surface area contributed by atoms with Crippen LogP contribution in [-0.2, 0) is 0 Å². The van der Waals surface area contributed by atoms with Gasteiger partial charge in [0.1, 0.15) is 16.7 Å². The van der Waals surface area contributed by atoms with Gasteiger partial charge in [-0.05, 0) is 6.92 Å². The Morgan fingerprint density at radius 1 is 1.29 bits per heavy atom. The highest BCUT2D eigenvalue weighted by Crippen LogP contribution is 2.32. The Bertz CT molecular complexity index is 369. The van der Waals surface area contributed by atoms with E-state index in [4.69, 9.17) is 0 Å². The minimum atomic E-state index is 0.173. The van der Waals surface area contributed by atoms with Gasteiger partial charge in [-0.3, -0.25) is 0 Å². The molecular formula is C13H23N3S. The predicted molar refractivity (Wildman–Crippen MR) is 75.9 cm³/mol. The van der Waals surface area contributed by atoms with Gasteiger partial charge < -0.3 is 5.32 Å². The van der Waals surface area contributed by atoms with Gasteiger partial charge in [-0.15, -0.1) is 11.8 Å². The molecule has 0 saturated carbocycles. The molecule has 0 unspecified atom stereocenters. The van der Waals surface area contributed by atoms with E-state index in [1.165, 1.54) is 0 Å². The minimum absolute atomic E-state index is 0.173. The molecule has 0 fully saturated rings. The van der Waals surface area contributed by atoms with Crippen LogP contribution >= 0.6 is 11.8 Å². The van der Waals surface area contributed by atoms with Gasteiger partial charge in [0.15, 0.2) is 0 Å². The standard InChI is InChI=1S/C13H23N3S/c1-7-14-10-8-11(17-13(4,5)6)16-12(15-10)9(2)3/h8-9H,7H2,1-6H3,(H,14,15,16). The number of rotatable bonds is 4. The van der Waals surface area contributed by atoms with Crippen LogP contribution in [-0.4, -0.2) is 21.3 Å². The first-order valence-electron chi connectivity index (χ1n) is 6.13. The van der Waals surface area contributed by atoms with Gasteiger partial charge in [-0.25, -0.2) is 9.97 Å². The van der Waals surface area contributed by atoms with E-state index in [9.17, 15) is 0 Å². The van der Waals surface area contributed by atoms with E-state index in [0.717, 1.165) is 23.2 Å². The van der Waals surface area contributed by atoms with E-state index >= 15 is 0 Å². The average molecular weight is 253 g/mol. The predicted octanol–water partition coefficient (Wildman–Crippen LogP) is 3.92. The van der Waals surface area contributed by atoms with Gasteiger partial charge >= 0.3 is 0 Å². The fourth-order valence-electron chi connectivity index (χ4n) is 1.34. The van der Waals surface area contributed by atoms with Crippen LogP contribution in [0.3, 0.4) is 0 Å². The van der Waals surface area contributed by atoms with Crippen molar-refractivity contribution in [2.24, 2.45) is 0 Å². The third-order valence-corrected chi connectivity index (χ3v) is 3.04. The Labute approximate surface area is 109 Å². The summed E-state index contributed by atoms with van der Waals surface area (Å²) in [5.74, 6) is 2.20. The van der Waals surface area contributed by atoms with Crippen LogP contribution in [0.5, 0.6) is 0 Å². The van der Waals surface area contributed by atoms with Crippen molar-refractivity contribution >= 4 is 17.6 Å². The van der Waals surface area contributed by atoms with Crippen molar-refractivity contribution < 1.29 is 0 Å². The molecule has 0 atom stereocenters. The van der Waals surface area contributed by atoms with Crippen molar-refractivity contribution in [3.8, 4) is 0 Å². The van der Waals surface area contributed by atoms with E-state index in [0.29, 0.717) is 5.92 Å². The maximum absolute atomic E-state index is 4.61. The Morgan fingerprint density at radius 3 is 2.41 bits per heavy atom. The summed E-state index contributed by atoms with van der Waals surface area (Å²) in [5, 5.41) is 4.31. The molecule has 0 amide bonds. The zero-order valence-electron chi connectivity index (χ0n) is 11.7. The van der Waals surface area contributed by atoms with Crippen molar-refractivity contribution in [3.05, 3.63) is 11.9 Å². The summed E-state index contributed by atoms with van der Waals surface area (Å²) in [6.45, 7) is 13.8. The first-order valence-corrected chi connectivity index (χ1v) is 6.95. The maximum Gasteiger partial charge on any atom is 0.134 e. The van der Waals surface area contributed by atoms with Gasteiger partial charge in [-0.2, -0.15) is 0 Å². The molecule has 1 heterocycles. The summed E-state index contributed by atoms with van der Waals surface area (Å²) in [7, 11) is 0. The Balaban J connectivity index is 3.03. The molecule has 1 rings (SSSR count). The molecule has 0 bridgehead atoms. The Morgan fingerprint density at radius 2 is 1.94 bits per heavy atom. The van der Waals surface area contributed by atoms with E-state index < -0.39 is 0 Å². The third-order valence-electron chi connectivity index (χ3n) is 2.00. The van der Waals surface area contributed by atoms with E-state index in [1.807, 2.05) is 6.07 Å².